The van der Waals surface area contributed by atoms with E-state index in [0.717, 1.165) is 32.7 Å². The third-order valence-electron chi connectivity index (χ3n) is 3.97. The molecule has 1 aliphatic rings. The first-order valence-corrected chi connectivity index (χ1v) is 8.24. The number of amides is 2. The molecule has 0 aromatic heterocycles. The van der Waals surface area contributed by atoms with Crippen LogP contribution in [0.4, 0.5) is 0 Å². The maximum absolute atomic E-state index is 12.6. The van der Waals surface area contributed by atoms with E-state index in [-0.39, 0.29) is 17.4 Å². The van der Waals surface area contributed by atoms with Crippen LogP contribution in [0.25, 0.3) is 0 Å². The van der Waals surface area contributed by atoms with Crippen LogP contribution in [0, 0.1) is 0 Å². The fraction of sp³-hybridized carbons (Fsp3) is 0.556. The number of nitrogens with zero attached hydrogens (tertiary/aromatic N) is 2. The molecule has 1 aromatic rings. The SMILES string of the molecule is CCN1CCN(C(=O)c2cccc(C(=O)NC(C)(C)C)c2)CC1. The van der Waals surface area contributed by atoms with E-state index in [0.29, 0.717) is 11.1 Å². The Kier molecular flexibility index (Phi) is 5.42. The maximum atomic E-state index is 12.6. The van der Waals surface area contributed by atoms with E-state index < -0.39 is 0 Å². The minimum Gasteiger partial charge on any atom is -0.347 e. The zero-order chi connectivity index (χ0) is 17.0. The Morgan fingerprint density at radius 1 is 1.09 bits per heavy atom. The molecule has 0 bridgehead atoms. The summed E-state index contributed by atoms with van der Waals surface area (Å²) in [5.74, 6) is -0.144. The first-order chi connectivity index (χ1) is 10.8. The highest BCUT2D eigenvalue weighted by Gasteiger charge is 2.22. The van der Waals surface area contributed by atoms with Gasteiger partial charge in [-0.25, -0.2) is 0 Å². The van der Waals surface area contributed by atoms with Gasteiger partial charge in [0.25, 0.3) is 11.8 Å². The van der Waals surface area contributed by atoms with Crippen LogP contribution >= 0.6 is 0 Å². The summed E-state index contributed by atoms with van der Waals surface area (Å²) in [7, 11) is 0. The molecule has 1 aromatic carbocycles. The summed E-state index contributed by atoms with van der Waals surface area (Å²) in [6, 6.07) is 6.98. The van der Waals surface area contributed by atoms with E-state index in [1.165, 1.54) is 0 Å². The largest absolute Gasteiger partial charge is 0.347 e. The Morgan fingerprint density at radius 3 is 2.26 bits per heavy atom. The lowest BCUT2D eigenvalue weighted by molar-refractivity contribution is 0.0643. The Labute approximate surface area is 138 Å². The van der Waals surface area contributed by atoms with E-state index in [4.69, 9.17) is 0 Å². The summed E-state index contributed by atoms with van der Waals surface area (Å²) >= 11 is 0. The smallest absolute Gasteiger partial charge is 0.253 e. The van der Waals surface area contributed by atoms with Crippen LogP contribution in [0.5, 0.6) is 0 Å². The highest BCUT2D eigenvalue weighted by molar-refractivity contribution is 5.99. The van der Waals surface area contributed by atoms with Crippen molar-refractivity contribution in [1.29, 1.82) is 0 Å². The molecule has 0 aliphatic carbocycles. The number of hydrogen-bond donors (Lipinski definition) is 1. The molecule has 1 saturated heterocycles. The van der Waals surface area contributed by atoms with Gasteiger partial charge in [0, 0.05) is 42.8 Å². The van der Waals surface area contributed by atoms with Crippen molar-refractivity contribution >= 4 is 11.8 Å². The van der Waals surface area contributed by atoms with E-state index in [1.54, 1.807) is 24.3 Å². The van der Waals surface area contributed by atoms with E-state index >= 15 is 0 Å². The summed E-state index contributed by atoms with van der Waals surface area (Å²) in [5, 5.41) is 2.92. The second-order valence-electron chi connectivity index (χ2n) is 7.01. The van der Waals surface area contributed by atoms with Gasteiger partial charge in [-0.15, -0.1) is 0 Å². The molecule has 2 rings (SSSR count). The number of benzene rings is 1. The van der Waals surface area contributed by atoms with E-state index in [1.807, 2.05) is 25.7 Å². The standard InChI is InChI=1S/C18H27N3O2/c1-5-20-9-11-21(12-10-20)17(23)15-8-6-7-14(13-15)16(22)19-18(2,3)4/h6-8,13H,5,9-12H2,1-4H3,(H,19,22). The van der Waals surface area contributed by atoms with Gasteiger partial charge in [-0.1, -0.05) is 13.0 Å². The van der Waals surface area contributed by atoms with Crippen molar-refractivity contribution in [3.8, 4) is 0 Å². The normalized spacial score (nSPS) is 16.3. The van der Waals surface area contributed by atoms with Crippen molar-refractivity contribution in [2.45, 2.75) is 33.2 Å². The van der Waals surface area contributed by atoms with Crippen molar-refractivity contribution in [3.63, 3.8) is 0 Å². The molecule has 5 heteroatoms. The zero-order valence-corrected chi connectivity index (χ0v) is 14.6. The zero-order valence-electron chi connectivity index (χ0n) is 14.6. The van der Waals surface area contributed by atoms with Gasteiger partial charge < -0.3 is 15.1 Å². The molecule has 0 saturated carbocycles. The van der Waals surface area contributed by atoms with Crippen molar-refractivity contribution in [1.82, 2.24) is 15.1 Å². The Bertz CT molecular complexity index is 570. The van der Waals surface area contributed by atoms with Gasteiger partial charge in [-0.05, 0) is 45.5 Å². The van der Waals surface area contributed by atoms with Crippen LogP contribution in [0.1, 0.15) is 48.4 Å². The van der Waals surface area contributed by atoms with Crippen LogP contribution in [0.3, 0.4) is 0 Å². The predicted octanol–water partition coefficient (Wildman–Crippen LogP) is 1.99. The molecule has 1 fully saturated rings. The van der Waals surface area contributed by atoms with Crippen molar-refractivity contribution in [3.05, 3.63) is 35.4 Å². The van der Waals surface area contributed by atoms with Crippen LogP contribution in [-0.4, -0.2) is 59.9 Å². The lowest BCUT2D eigenvalue weighted by atomic mass is 10.1. The number of hydrogen-bond acceptors (Lipinski definition) is 3. The molecule has 1 aliphatic heterocycles. The summed E-state index contributed by atoms with van der Waals surface area (Å²) in [4.78, 5) is 29.1. The average molecular weight is 317 g/mol. The second kappa shape index (κ2) is 7.13. The van der Waals surface area contributed by atoms with Crippen molar-refractivity contribution < 1.29 is 9.59 Å². The monoisotopic (exact) mass is 317 g/mol. The quantitative estimate of drug-likeness (QED) is 0.927. The first kappa shape index (κ1) is 17.5. The minimum absolute atomic E-state index is 0.00571. The molecule has 0 unspecified atom stereocenters. The number of likely N-dealkylation sites (N-methyl/N-ethyl adjacent to an activating group) is 1. The molecule has 1 heterocycles. The summed E-state index contributed by atoms with van der Waals surface area (Å²) in [5.41, 5.74) is 0.808. The lowest BCUT2D eigenvalue weighted by Gasteiger charge is -2.34. The molecule has 23 heavy (non-hydrogen) atoms. The van der Waals surface area contributed by atoms with Crippen LogP contribution in [-0.2, 0) is 0 Å². The lowest BCUT2D eigenvalue weighted by Crippen LogP contribution is -2.48. The third-order valence-corrected chi connectivity index (χ3v) is 3.97. The molecular weight excluding hydrogens is 290 g/mol. The number of piperazine rings is 1. The van der Waals surface area contributed by atoms with Gasteiger partial charge in [0.05, 0.1) is 0 Å². The first-order valence-electron chi connectivity index (χ1n) is 8.24. The molecule has 126 valence electrons. The molecular formula is C18H27N3O2. The van der Waals surface area contributed by atoms with Crippen molar-refractivity contribution in [2.24, 2.45) is 0 Å². The fourth-order valence-corrected chi connectivity index (χ4v) is 2.66. The van der Waals surface area contributed by atoms with Gasteiger partial charge in [-0.2, -0.15) is 0 Å². The molecule has 1 N–H and O–H groups in total. The molecule has 5 nitrogen and oxygen atoms in total. The van der Waals surface area contributed by atoms with Gasteiger partial charge in [-0.3, -0.25) is 9.59 Å². The summed E-state index contributed by atoms with van der Waals surface area (Å²) in [6.07, 6.45) is 0. The van der Waals surface area contributed by atoms with Crippen molar-refractivity contribution in [2.75, 3.05) is 32.7 Å². The second-order valence-corrected chi connectivity index (χ2v) is 7.01. The third kappa shape index (κ3) is 4.79. The predicted molar refractivity (Wildman–Crippen MR) is 91.7 cm³/mol. The van der Waals surface area contributed by atoms with Gasteiger partial charge in [0.1, 0.15) is 0 Å². The van der Waals surface area contributed by atoms with E-state index in [9.17, 15) is 9.59 Å². The highest BCUT2D eigenvalue weighted by atomic mass is 16.2. The summed E-state index contributed by atoms with van der Waals surface area (Å²) in [6.45, 7) is 12.3. The Morgan fingerprint density at radius 2 is 1.70 bits per heavy atom. The molecule has 0 atom stereocenters. The molecule has 0 spiro atoms. The van der Waals surface area contributed by atoms with Crippen LogP contribution < -0.4 is 5.32 Å². The fourth-order valence-electron chi connectivity index (χ4n) is 2.66. The highest BCUT2D eigenvalue weighted by Crippen LogP contribution is 2.12. The van der Waals surface area contributed by atoms with E-state index in [2.05, 4.69) is 17.1 Å². The van der Waals surface area contributed by atoms with Crippen LogP contribution in [0.2, 0.25) is 0 Å². The number of carbonyl (C=O) groups excluding carboxylic acids is 2. The number of rotatable bonds is 3. The number of nitrogens with one attached hydrogen (secondary N) is 1. The molecule has 2 amide bonds. The molecule has 0 radical (unpaired) electrons. The van der Waals surface area contributed by atoms with Gasteiger partial charge >= 0.3 is 0 Å². The average Bonchev–Trinajstić information content (AvgIpc) is 2.53. The van der Waals surface area contributed by atoms with Gasteiger partial charge in [0.2, 0.25) is 0 Å². The number of carbonyl (C=O) groups is 2. The summed E-state index contributed by atoms with van der Waals surface area (Å²) < 4.78 is 0. The van der Waals surface area contributed by atoms with Crippen LogP contribution in [0.15, 0.2) is 24.3 Å². The van der Waals surface area contributed by atoms with Gasteiger partial charge in [0.15, 0.2) is 0 Å². The maximum Gasteiger partial charge on any atom is 0.253 e. The topological polar surface area (TPSA) is 52.7 Å². The Balaban J connectivity index is 2.07. The minimum atomic E-state index is -0.298. The Hall–Kier alpha value is -1.88.